The maximum atomic E-state index is 6.18. The number of guanidine groups is 1. The first kappa shape index (κ1) is 21.0. The van der Waals surface area contributed by atoms with Crippen molar-refractivity contribution >= 4 is 5.96 Å². The molecule has 0 amide bonds. The molecule has 0 spiro atoms. The molecule has 0 saturated heterocycles. The number of aliphatic imine (C=N–C) groups is 1. The topological polar surface area (TPSA) is 80.9 Å². The zero-order valence-electron chi connectivity index (χ0n) is 17.8. The van der Waals surface area contributed by atoms with E-state index in [0.29, 0.717) is 31.1 Å². The van der Waals surface area contributed by atoms with Gasteiger partial charge in [-0.25, -0.2) is 0 Å². The molecule has 1 fully saturated rings. The van der Waals surface area contributed by atoms with Crippen LogP contribution in [0.25, 0.3) is 0 Å². The lowest BCUT2D eigenvalue weighted by Gasteiger charge is -2.17. The molecule has 1 saturated carbocycles. The van der Waals surface area contributed by atoms with E-state index in [4.69, 9.17) is 14.0 Å². The average molecular weight is 401 g/mol. The molecular formula is C22H32N4O3. The number of methoxy groups -OCH3 is 1. The lowest BCUT2D eigenvalue weighted by atomic mass is 10.1. The third-order valence-corrected chi connectivity index (χ3v) is 5.11. The molecule has 29 heavy (non-hydrogen) atoms. The SMILES string of the molecule is CN=C(NCc1ccc(OC)c(OC2CCCC2)c1)NCc1cc(C(C)C)no1. The Hall–Kier alpha value is -2.70. The smallest absolute Gasteiger partial charge is 0.191 e. The standard InChI is InChI=1S/C22H32N4O3/c1-15(2)19-12-18(29-26-19)14-25-22(23-3)24-13-16-9-10-20(27-4)21(11-16)28-17-7-5-6-8-17/h9-12,15,17H,5-8,13-14H2,1-4H3,(H2,23,24,25). The van der Waals surface area contributed by atoms with Gasteiger partial charge >= 0.3 is 0 Å². The van der Waals surface area contributed by atoms with Crippen LogP contribution in [-0.2, 0) is 13.1 Å². The number of benzene rings is 1. The predicted molar refractivity (Wildman–Crippen MR) is 114 cm³/mol. The van der Waals surface area contributed by atoms with Gasteiger partial charge in [-0.1, -0.05) is 25.1 Å². The summed E-state index contributed by atoms with van der Waals surface area (Å²) in [6, 6.07) is 8.01. The summed E-state index contributed by atoms with van der Waals surface area (Å²) in [6.07, 6.45) is 4.99. The van der Waals surface area contributed by atoms with Crippen molar-refractivity contribution in [3.63, 3.8) is 0 Å². The van der Waals surface area contributed by atoms with E-state index in [2.05, 4.69) is 34.6 Å². The van der Waals surface area contributed by atoms with E-state index in [1.54, 1.807) is 14.2 Å². The summed E-state index contributed by atoms with van der Waals surface area (Å²) in [7, 11) is 3.42. The molecule has 3 rings (SSSR count). The summed E-state index contributed by atoms with van der Waals surface area (Å²) >= 11 is 0. The number of nitrogens with zero attached hydrogens (tertiary/aromatic N) is 2. The van der Waals surface area contributed by atoms with Crippen molar-refractivity contribution in [1.82, 2.24) is 15.8 Å². The Morgan fingerprint density at radius 3 is 2.59 bits per heavy atom. The van der Waals surface area contributed by atoms with Crippen molar-refractivity contribution in [2.75, 3.05) is 14.2 Å². The fourth-order valence-corrected chi connectivity index (χ4v) is 3.37. The van der Waals surface area contributed by atoms with Gasteiger partial charge in [0.05, 0.1) is 25.5 Å². The molecule has 0 unspecified atom stereocenters. The summed E-state index contributed by atoms with van der Waals surface area (Å²) in [5, 5.41) is 10.7. The Labute approximate surface area is 172 Å². The largest absolute Gasteiger partial charge is 0.493 e. The van der Waals surface area contributed by atoms with Crippen LogP contribution >= 0.6 is 0 Å². The Bertz CT molecular complexity index is 810. The van der Waals surface area contributed by atoms with E-state index < -0.39 is 0 Å². The number of ether oxygens (including phenoxy) is 2. The van der Waals surface area contributed by atoms with E-state index in [-0.39, 0.29) is 0 Å². The Morgan fingerprint density at radius 1 is 1.17 bits per heavy atom. The number of hydrogen-bond acceptors (Lipinski definition) is 5. The van der Waals surface area contributed by atoms with Crippen LogP contribution in [0, 0.1) is 0 Å². The van der Waals surface area contributed by atoms with Gasteiger partial charge in [0.2, 0.25) is 0 Å². The highest BCUT2D eigenvalue weighted by Crippen LogP contribution is 2.32. The van der Waals surface area contributed by atoms with Crippen molar-refractivity contribution in [3.05, 3.63) is 41.3 Å². The van der Waals surface area contributed by atoms with Crippen LogP contribution in [0.2, 0.25) is 0 Å². The predicted octanol–water partition coefficient (Wildman–Crippen LogP) is 3.99. The van der Waals surface area contributed by atoms with Crippen LogP contribution in [0.1, 0.15) is 62.5 Å². The van der Waals surface area contributed by atoms with E-state index in [1.807, 2.05) is 24.3 Å². The second kappa shape index (κ2) is 10.2. The summed E-state index contributed by atoms with van der Waals surface area (Å²) in [5.41, 5.74) is 2.06. The molecule has 158 valence electrons. The molecule has 1 aliphatic rings. The molecule has 0 atom stereocenters. The van der Waals surface area contributed by atoms with Crippen molar-refractivity contribution < 1.29 is 14.0 Å². The zero-order valence-corrected chi connectivity index (χ0v) is 17.8. The van der Waals surface area contributed by atoms with E-state index in [1.165, 1.54) is 12.8 Å². The normalized spacial score (nSPS) is 15.0. The summed E-state index contributed by atoms with van der Waals surface area (Å²) in [4.78, 5) is 4.28. The van der Waals surface area contributed by atoms with Gasteiger partial charge < -0.3 is 24.6 Å². The molecule has 2 aromatic rings. The monoisotopic (exact) mass is 400 g/mol. The first-order chi connectivity index (χ1) is 14.1. The van der Waals surface area contributed by atoms with Gasteiger partial charge in [-0.3, -0.25) is 4.99 Å². The van der Waals surface area contributed by atoms with Gasteiger partial charge in [-0.05, 0) is 49.3 Å². The Morgan fingerprint density at radius 2 is 1.93 bits per heavy atom. The number of rotatable bonds is 8. The van der Waals surface area contributed by atoms with Gasteiger partial charge in [-0.15, -0.1) is 0 Å². The van der Waals surface area contributed by atoms with Gasteiger partial charge in [0, 0.05) is 19.7 Å². The van der Waals surface area contributed by atoms with Crippen LogP contribution in [0.15, 0.2) is 33.8 Å². The molecule has 1 aliphatic carbocycles. The Balaban J connectivity index is 1.55. The zero-order chi connectivity index (χ0) is 20.6. The second-order valence-corrected chi connectivity index (χ2v) is 7.66. The van der Waals surface area contributed by atoms with Gasteiger partial charge in [0.15, 0.2) is 23.2 Å². The van der Waals surface area contributed by atoms with Crippen molar-refractivity contribution in [3.8, 4) is 11.5 Å². The summed E-state index contributed by atoms with van der Waals surface area (Å²) < 4.78 is 17.0. The summed E-state index contributed by atoms with van der Waals surface area (Å²) in [6.45, 7) is 5.33. The third kappa shape index (κ3) is 5.89. The fraction of sp³-hybridized carbons (Fsp3) is 0.545. The minimum absolute atomic E-state index is 0.291. The minimum Gasteiger partial charge on any atom is -0.493 e. The van der Waals surface area contributed by atoms with Crippen molar-refractivity contribution in [1.29, 1.82) is 0 Å². The molecule has 0 radical (unpaired) electrons. The molecule has 7 heteroatoms. The molecule has 1 aromatic heterocycles. The molecule has 2 N–H and O–H groups in total. The van der Waals surface area contributed by atoms with Crippen LogP contribution in [0.4, 0.5) is 0 Å². The average Bonchev–Trinajstić information content (AvgIpc) is 3.40. The maximum absolute atomic E-state index is 6.18. The van der Waals surface area contributed by atoms with E-state index in [0.717, 1.165) is 41.4 Å². The van der Waals surface area contributed by atoms with E-state index in [9.17, 15) is 0 Å². The summed E-state index contributed by atoms with van der Waals surface area (Å²) in [5.74, 6) is 3.41. The van der Waals surface area contributed by atoms with Crippen molar-refractivity contribution in [2.45, 2.75) is 64.6 Å². The molecule has 0 aliphatic heterocycles. The van der Waals surface area contributed by atoms with E-state index >= 15 is 0 Å². The van der Waals surface area contributed by atoms with Crippen LogP contribution in [0.3, 0.4) is 0 Å². The number of hydrogen-bond donors (Lipinski definition) is 2. The fourth-order valence-electron chi connectivity index (χ4n) is 3.37. The molecular weight excluding hydrogens is 368 g/mol. The third-order valence-electron chi connectivity index (χ3n) is 5.11. The number of nitrogens with one attached hydrogen (secondary N) is 2. The highest BCUT2D eigenvalue weighted by Gasteiger charge is 2.18. The van der Waals surface area contributed by atoms with Crippen LogP contribution < -0.4 is 20.1 Å². The molecule has 0 bridgehead atoms. The molecule has 1 heterocycles. The lowest BCUT2D eigenvalue weighted by Crippen LogP contribution is -2.36. The van der Waals surface area contributed by atoms with Crippen LogP contribution in [0.5, 0.6) is 11.5 Å². The van der Waals surface area contributed by atoms with Gasteiger partial charge in [-0.2, -0.15) is 0 Å². The maximum Gasteiger partial charge on any atom is 0.191 e. The van der Waals surface area contributed by atoms with Gasteiger partial charge in [0.1, 0.15) is 0 Å². The highest BCUT2D eigenvalue weighted by molar-refractivity contribution is 5.79. The first-order valence-electron chi connectivity index (χ1n) is 10.3. The minimum atomic E-state index is 0.291. The van der Waals surface area contributed by atoms with Crippen molar-refractivity contribution in [2.24, 2.45) is 4.99 Å². The molecule has 1 aromatic carbocycles. The number of aromatic nitrogens is 1. The van der Waals surface area contributed by atoms with Gasteiger partial charge in [0.25, 0.3) is 0 Å². The highest BCUT2D eigenvalue weighted by atomic mass is 16.5. The molecule has 7 nitrogen and oxygen atoms in total. The van der Waals surface area contributed by atoms with Crippen LogP contribution in [-0.4, -0.2) is 31.4 Å². The lowest BCUT2D eigenvalue weighted by molar-refractivity contribution is 0.200. The Kier molecular flexibility index (Phi) is 7.38. The second-order valence-electron chi connectivity index (χ2n) is 7.66. The first-order valence-corrected chi connectivity index (χ1v) is 10.3. The quantitative estimate of drug-likeness (QED) is 0.515.